The third kappa shape index (κ3) is 3.47. The Morgan fingerprint density at radius 3 is 2.53 bits per heavy atom. The van der Waals surface area contributed by atoms with E-state index in [1.54, 1.807) is 0 Å². The quantitative estimate of drug-likeness (QED) is 0.897. The van der Waals surface area contributed by atoms with Crippen LogP contribution in [0.25, 0.3) is 0 Å². The molecule has 19 heavy (non-hydrogen) atoms. The van der Waals surface area contributed by atoms with Gasteiger partial charge in [-0.05, 0) is 23.8 Å². The highest BCUT2D eigenvalue weighted by Gasteiger charge is 2.33. The van der Waals surface area contributed by atoms with Crippen molar-refractivity contribution >= 4 is 21.7 Å². The lowest BCUT2D eigenvalue weighted by molar-refractivity contribution is -0.137. The first-order valence-electron chi connectivity index (χ1n) is 5.48. The molecule has 0 bridgehead atoms. The molecule has 6 heteroatoms. The summed E-state index contributed by atoms with van der Waals surface area (Å²) in [4.78, 5) is 3.74. The van der Waals surface area contributed by atoms with E-state index in [9.17, 15) is 13.2 Å². The maximum Gasteiger partial charge on any atom is 0.419 e. The summed E-state index contributed by atoms with van der Waals surface area (Å²) in [6, 6.07) is 9.61. The maximum atomic E-state index is 12.8. The minimum atomic E-state index is -4.41. The van der Waals surface area contributed by atoms with Crippen molar-refractivity contribution in [3.05, 3.63) is 58.2 Å². The molecular formula is C13H10BrF3N2. The molecule has 0 amide bonds. The minimum absolute atomic E-state index is 0.161. The fourth-order valence-corrected chi connectivity index (χ4v) is 2.02. The smallest absolute Gasteiger partial charge is 0.365 e. The zero-order valence-electron chi connectivity index (χ0n) is 9.71. The number of pyridine rings is 1. The topological polar surface area (TPSA) is 24.9 Å². The number of anilines is 1. The average molecular weight is 331 g/mol. The van der Waals surface area contributed by atoms with Crippen molar-refractivity contribution in [1.29, 1.82) is 0 Å². The van der Waals surface area contributed by atoms with Crippen LogP contribution in [0.4, 0.5) is 19.0 Å². The zero-order chi connectivity index (χ0) is 13.9. The third-order valence-corrected chi connectivity index (χ3v) is 3.29. The summed E-state index contributed by atoms with van der Waals surface area (Å²) < 4.78 is 39.1. The SMILES string of the molecule is FC(F)(F)c1cccnc1NCc1ccccc1Br. The van der Waals surface area contributed by atoms with Gasteiger partial charge in [-0.25, -0.2) is 4.98 Å². The number of rotatable bonds is 3. The first-order chi connectivity index (χ1) is 8.98. The van der Waals surface area contributed by atoms with Gasteiger partial charge < -0.3 is 5.32 Å². The first-order valence-corrected chi connectivity index (χ1v) is 6.27. The van der Waals surface area contributed by atoms with E-state index < -0.39 is 11.7 Å². The van der Waals surface area contributed by atoms with Crippen molar-refractivity contribution in [2.45, 2.75) is 12.7 Å². The minimum Gasteiger partial charge on any atom is -0.365 e. The van der Waals surface area contributed by atoms with Crippen molar-refractivity contribution in [3.8, 4) is 0 Å². The molecule has 0 aliphatic carbocycles. The van der Waals surface area contributed by atoms with E-state index >= 15 is 0 Å². The Morgan fingerprint density at radius 2 is 1.84 bits per heavy atom. The van der Waals surface area contributed by atoms with Gasteiger partial charge in [-0.2, -0.15) is 13.2 Å². The highest BCUT2D eigenvalue weighted by Crippen LogP contribution is 2.33. The lowest BCUT2D eigenvalue weighted by atomic mass is 10.2. The third-order valence-electron chi connectivity index (χ3n) is 2.52. The van der Waals surface area contributed by atoms with Crippen LogP contribution in [0.2, 0.25) is 0 Å². The van der Waals surface area contributed by atoms with Gasteiger partial charge in [0.2, 0.25) is 0 Å². The lowest BCUT2D eigenvalue weighted by Gasteiger charge is -2.13. The van der Waals surface area contributed by atoms with Crippen LogP contribution in [0, 0.1) is 0 Å². The number of aromatic nitrogens is 1. The Labute approximate surface area is 116 Å². The van der Waals surface area contributed by atoms with Crippen molar-refractivity contribution in [2.24, 2.45) is 0 Å². The van der Waals surface area contributed by atoms with Gasteiger partial charge in [-0.1, -0.05) is 34.1 Å². The molecule has 0 atom stereocenters. The van der Waals surface area contributed by atoms with Gasteiger partial charge in [-0.3, -0.25) is 0 Å². The summed E-state index contributed by atoms with van der Waals surface area (Å²) in [6.45, 7) is 0.265. The molecule has 0 saturated heterocycles. The van der Waals surface area contributed by atoms with E-state index in [2.05, 4.69) is 26.2 Å². The number of nitrogens with zero attached hydrogens (tertiary/aromatic N) is 1. The van der Waals surface area contributed by atoms with Gasteiger partial charge in [-0.15, -0.1) is 0 Å². The Bertz CT molecular complexity index is 570. The van der Waals surface area contributed by atoms with Crippen molar-refractivity contribution in [1.82, 2.24) is 4.98 Å². The summed E-state index contributed by atoms with van der Waals surface area (Å²) in [5, 5.41) is 2.72. The molecule has 0 aliphatic heterocycles. The first kappa shape index (κ1) is 13.9. The number of nitrogens with one attached hydrogen (secondary N) is 1. The molecule has 100 valence electrons. The number of halogens is 4. The monoisotopic (exact) mass is 330 g/mol. The Balaban J connectivity index is 2.19. The second-order valence-electron chi connectivity index (χ2n) is 3.84. The van der Waals surface area contributed by atoms with Gasteiger partial charge in [0, 0.05) is 17.2 Å². The Morgan fingerprint density at radius 1 is 1.11 bits per heavy atom. The molecule has 2 aromatic rings. The second-order valence-corrected chi connectivity index (χ2v) is 4.70. The molecule has 0 radical (unpaired) electrons. The lowest BCUT2D eigenvalue weighted by Crippen LogP contribution is -2.12. The van der Waals surface area contributed by atoms with E-state index in [0.29, 0.717) is 0 Å². The molecule has 0 saturated carbocycles. The van der Waals surface area contributed by atoms with E-state index in [4.69, 9.17) is 0 Å². The van der Waals surface area contributed by atoms with Crippen LogP contribution in [0.15, 0.2) is 47.1 Å². The Hall–Kier alpha value is -1.56. The molecule has 1 aromatic carbocycles. The number of benzene rings is 1. The number of hydrogen-bond acceptors (Lipinski definition) is 2. The van der Waals surface area contributed by atoms with Crippen LogP contribution in [-0.2, 0) is 12.7 Å². The van der Waals surface area contributed by atoms with E-state index in [1.165, 1.54) is 12.3 Å². The molecule has 0 spiro atoms. The molecule has 0 unspecified atom stereocenters. The van der Waals surface area contributed by atoms with Crippen LogP contribution >= 0.6 is 15.9 Å². The number of hydrogen-bond donors (Lipinski definition) is 1. The zero-order valence-corrected chi connectivity index (χ0v) is 11.3. The fraction of sp³-hybridized carbons (Fsp3) is 0.154. The molecule has 1 N–H and O–H groups in total. The van der Waals surface area contributed by atoms with Gasteiger partial charge in [0.25, 0.3) is 0 Å². The Kier molecular flexibility index (Phi) is 4.09. The largest absolute Gasteiger partial charge is 0.419 e. The molecule has 0 fully saturated rings. The summed E-state index contributed by atoms with van der Waals surface area (Å²) >= 11 is 3.35. The number of alkyl halides is 3. The molecule has 1 heterocycles. The van der Waals surface area contributed by atoms with Crippen LogP contribution in [0.1, 0.15) is 11.1 Å². The van der Waals surface area contributed by atoms with Crippen LogP contribution < -0.4 is 5.32 Å². The van der Waals surface area contributed by atoms with E-state index in [-0.39, 0.29) is 12.4 Å². The average Bonchev–Trinajstić information content (AvgIpc) is 2.37. The van der Waals surface area contributed by atoms with E-state index in [1.807, 2.05) is 24.3 Å². The van der Waals surface area contributed by atoms with Crippen LogP contribution in [-0.4, -0.2) is 4.98 Å². The summed E-state index contributed by atoms with van der Waals surface area (Å²) in [5.74, 6) is -0.161. The summed E-state index contributed by atoms with van der Waals surface area (Å²) in [7, 11) is 0. The fourth-order valence-electron chi connectivity index (χ4n) is 1.60. The molecule has 0 aliphatic rings. The highest BCUT2D eigenvalue weighted by atomic mass is 79.9. The molecular weight excluding hydrogens is 321 g/mol. The van der Waals surface area contributed by atoms with Gasteiger partial charge in [0.05, 0.1) is 5.56 Å². The molecule has 2 nitrogen and oxygen atoms in total. The second kappa shape index (κ2) is 5.61. The standard InChI is InChI=1S/C13H10BrF3N2/c14-11-6-2-1-4-9(11)8-19-12-10(13(15,16)17)5-3-7-18-12/h1-7H,8H2,(H,18,19). The highest BCUT2D eigenvalue weighted by molar-refractivity contribution is 9.10. The van der Waals surface area contributed by atoms with Gasteiger partial charge in [0.15, 0.2) is 0 Å². The summed E-state index contributed by atoms with van der Waals surface area (Å²) in [6.07, 6.45) is -3.08. The van der Waals surface area contributed by atoms with Crippen molar-refractivity contribution in [3.63, 3.8) is 0 Å². The maximum absolute atomic E-state index is 12.8. The van der Waals surface area contributed by atoms with Crippen molar-refractivity contribution < 1.29 is 13.2 Å². The van der Waals surface area contributed by atoms with E-state index in [0.717, 1.165) is 16.1 Å². The molecule has 1 aromatic heterocycles. The predicted molar refractivity (Wildman–Crippen MR) is 70.7 cm³/mol. The van der Waals surface area contributed by atoms with Crippen LogP contribution in [0.5, 0.6) is 0 Å². The van der Waals surface area contributed by atoms with Gasteiger partial charge >= 0.3 is 6.18 Å². The summed E-state index contributed by atoms with van der Waals surface area (Å²) in [5.41, 5.74) is 0.100. The normalized spacial score (nSPS) is 11.4. The van der Waals surface area contributed by atoms with Gasteiger partial charge in [0.1, 0.15) is 5.82 Å². The predicted octanol–water partition coefficient (Wildman–Crippen LogP) is 4.48. The van der Waals surface area contributed by atoms with Crippen LogP contribution in [0.3, 0.4) is 0 Å². The van der Waals surface area contributed by atoms with Crippen molar-refractivity contribution in [2.75, 3.05) is 5.32 Å². The molecule has 2 rings (SSSR count).